The van der Waals surface area contributed by atoms with Gasteiger partial charge in [-0.2, -0.15) is 0 Å². The number of hydrogen-bond acceptors (Lipinski definition) is 4. The molecule has 130 valence electrons. The lowest BCUT2D eigenvalue weighted by Crippen LogP contribution is -2.50. The van der Waals surface area contributed by atoms with Crippen LogP contribution in [0.5, 0.6) is 0 Å². The van der Waals surface area contributed by atoms with Gasteiger partial charge in [0, 0.05) is 30.0 Å². The van der Waals surface area contributed by atoms with Gasteiger partial charge in [0.1, 0.15) is 0 Å². The molecule has 5 nitrogen and oxygen atoms in total. The molecule has 1 atom stereocenters. The van der Waals surface area contributed by atoms with E-state index in [1.165, 1.54) is 0 Å². The maximum absolute atomic E-state index is 12.4. The van der Waals surface area contributed by atoms with Crippen LogP contribution < -0.4 is 5.32 Å². The van der Waals surface area contributed by atoms with Gasteiger partial charge in [-0.1, -0.05) is 41.5 Å². The highest BCUT2D eigenvalue weighted by atomic mass is 32.1. The average Bonchev–Trinajstić information content (AvgIpc) is 2.91. The molecule has 1 heterocycles. The predicted molar refractivity (Wildman–Crippen MR) is 94.7 cm³/mol. The molecule has 6 heteroatoms. The summed E-state index contributed by atoms with van der Waals surface area (Å²) in [6.45, 7) is 12.3. The van der Waals surface area contributed by atoms with E-state index in [-0.39, 0.29) is 23.7 Å². The van der Waals surface area contributed by atoms with Gasteiger partial charge in [-0.25, -0.2) is 9.78 Å². The number of Topliss-reactive ketones (excluding diaryl/α,β-unsaturated/α-hetero) is 1. The van der Waals surface area contributed by atoms with Crippen molar-refractivity contribution in [2.45, 2.75) is 60.0 Å². The summed E-state index contributed by atoms with van der Waals surface area (Å²) >= 11 is 1.62. The van der Waals surface area contributed by atoms with E-state index in [0.717, 1.165) is 9.88 Å². The van der Waals surface area contributed by atoms with Crippen molar-refractivity contribution in [2.75, 3.05) is 7.05 Å². The van der Waals surface area contributed by atoms with Crippen LogP contribution in [0.4, 0.5) is 4.79 Å². The summed E-state index contributed by atoms with van der Waals surface area (Å²) in [5, 5.41) is 3.94. The third-order valence-corrected chi connectivity index (χ3v) is 4.91. The Labute approximate surface area is 143 Å². The molecule has 0 spiro atoms. The molecular formula is C17H29N3O2S. The van der Waals surface area contributed by atoms with Crippen LogP contribution >= 0.6 is 11.3 Å². The van der Waals surface area contributed by atoms with E-state index >= 15 is 0 Å². The van der Waals surface area contributed by atoms with Gasteiger partial charge in [-0.3, -0.25) is 4.79 Å². The van der Waals surface area contributed by atoms with E-state index in [4.69, 9.17) is 0 Å². The van der Waals surface area contributed by atoms with Crippen LogP contribution in [0, 0.1) is 11.8 Å². The van der Waals surface area contributed by atoms with E-state index in [9.17, 15) is 9.59 Å². The number of thiazole rings is 1. The van der Waals surface area contributed by atoms with Crippen molar-refractivity contribution >= 4 is 23.2 Å². The van der Waals surface area contributed by atoms with E-state index in [1.807, 2.05) is 33.9 Å². The molecule has 0 aliphatic heterocycles. The van der Waals surface area contributed by atoms with Crippen LogP contribution in [0.3, 0.4) is 0 Å². The molecular weight excluding hydrogens is 310 g/mol. The predicted octanol–water partition coefficient (Wildman–Crippen LogP) is 3.66. The largest absolute Gasteiger partial charge is 0.328 e. The molecule has 0 bridgehead atoms. The maximum Gasteiger partial charge on any atom is 0.318 e. The summed E-state index contributed by atoms with van der Waals surface area (Å²) in [6.07, 6.45) is 1.82. The van der Waals surface area contributed by atoms with Gasteiger partial charge in [0.25, 0.3) is 0 Å². The quantitative estimate of drug-likeness (QED) is 0.824. The Morgan fingerprint density at radius 3 is 2.26 bits per heavy atom. The highest BCUT2D eigenvalue weighted by Gasteiger charge is 2.27. The van der Waals surface area contributed by atoms with Crippen molar-refractivity contribution < 1.29 is 9.59 Å². The minimum Gasteiger partial charge on any atom is -0.328 e. The zero-order valence-electron chi connectivity index (χ0n) is 15.2. The molecule has 0 fully saturated rings. The first-order valence-electron chi connectivity index (χ1n) is 8.13. The van der Waals surface area contributed by atoms with Crippen LogP contribution in [-0.2, 0) is 11.3 Å². The third kappa shape index (κ3) is 5.61. The summed E-state index contributed by atoms with van der Waals surface area (Å²) in [6, 6.07) is -0.671. The Balaban J connectivity index is 2.69. The number of nitrogens with one attached hydrogen (secondary N) is 1. The number of carbonyl (C=O) groups excluding carboxylic acids is 2. The van der Waals surface area contributed by atoms with Crippen molar-refractivity contribution in [2.24, 2.45) is 11.8 Å². The molecule has 0 saturated carbocycles. The van der Waals surface area contributed by atoms with Gasteiger partial charge in [0.2, 0.25) is 0 Å². The van der Waals surface area contributed by atoms with Crippen molar-refractivity contribution in [3.8, 4) is 0 Å². The minimum atomic E-state index is -0.447. The first kappa shape index (κ1) is 19.6. The van der Waals surface area contributed by atoms with E-state index < -0.39 is 6.04 Å². The second-order valence-electron chi connectivity index (χ2n) is 6.90. The average molecular weight is 340 g/mol. The van der Waals surface area contributed by atoms with E-state index in [2.05, 4.69) is 24.1 Å². The molecule has 0 aliphatic carbocycles. The number of amides is 2. The van der Waals surface area contributed by atoms with Crippen molar-refractivity contribution in [3.05, 3.63) is 16.1 Å². The van der Waals surface area contributed by atoms with Gasteiger partial charge in [-0.05, 0) is 5.92 Å². The minimum absolute atomic E-state index is 0.0678. The van der Waals surface area contributed by atoms with Crippen LogP contribution in [0.2, 0.25) is 0 Å². The summed E-state index contributed by atoms with van der Waals surface area (Å²) < 4.78 is 0. The molecule has 1 N–H and O–H groups in total. The van der Waals surface area contributed by atoms with Crippen molar-refractivity contribution in [1.29, 1.82) is 0 Å². The number of ketones is 1. The SMILES string of the molecule is CC(C)C(=O)C(NC(=O)N(C)Cc1cnc(C(C)C)s1)C(C)C. The van der Waals surface area contributed by atoms with Gasteiger partial charge in [0.05, 0.1) is 17.6 Å². The fourth-order valence-electron chi connectivity index (χ4n) is 2.14. The Morgan fingerprint density at radius 1 is 1.22 bits per heavy atom. The Morgan fingerprint density at radius 2 is 1.83 bits per heavy atom. The number of nitrogens with zero attached hydrogens (tertiary/aromatic N) is 2. The first-order chi connectivity index (χ1) is 10.6. The lowest BCUT2D eigenvalue weighted by molar-refractivity contribution is -0.124. The highest BCUT2D eigenvalue weighted by molar-refractivity contribution is 7.11. The molecule has 0 radical (unpaired) electrons. The maximum atomic E-state index is 12.4. The lowest BCUT2D eigenvalue weighted by atomic mass is 9.93. The van der Waals surface area contributed by atoms with Crippen LogP contribution in [0.15, 0.2) is 6.20 Å². The topological polar surface area (TPSA) is 62.3 Å². The Bertz CT molecular complexity index is 538. The molecule has 1 rings (SSSR count). The second kappa shape index (κ2) is 8.43. The number of aromatic nitrogens is 1. The Kier molecular flexibility index (Phi) is 7.19. The highest BCUT2D eigenvalue weighted by Crippen LogP contribution is 2.22. The van der Waals surface area contributed by atoms with E-state index in [1.54, 1.807) is 23.3 Å². The molecule has 0 aromatic carbocycles. The van der Waals surface area contributed by atoms with Gasteiger partial charge >= 0.3 is 6.03 Å². The monoisotopic (exact) mass is 339 g/mol. The van der Waals surface area contributed by atoms with Crippen molar-refractivity contribution in [1.82, 2.24) is 15.2 Å². The van der Waals surface area contributed by atoms with Crippen LogP contribution in [0.1, 0.15) is 57.3 Å². The molecule has 1 unspecified atom stereocenters. The van der Waals surface area contributed by atoms with Crippen LogP contribution in [0.25, 0.3) is 0 Å². The summed E-state index contributed by atoms with van der Waals surface area (Å²) in [5.41, 5.74) is 0. The molecule has 23 heavy (non-hydrogen) atoms. The van der Waals surface area contributed by atoms with Gasteiger partial charge in [0.15, 0.2) is 5.78 Å². The molecule has 1 aromatic rings. The zero-order chi connectivity index (χ0) is 17.7. The first-order valence-corrected chi connectivity index (χ1v) is 8.95. The lowest BCUT2D eigenvalue weighted by Gasteiger charge is -2.26. The van der Waals surface area contributed by atoms with Crippen LogP contribution in [-0.4, -0.2) is 34.8 Å². The zero-order valence-corrected chi connectivity index (χ0v) is 16.0. The van der Waals surface area contributed by atoms with Gasteiger partial charge in [-0.15, -0.1) is 11.3 Å². The molecule has 0 aliphatic rings. The Hall–Kier alpha value is -1.43. The third-order valence-electron chi connectivity index (χ3n) is 3.63. The molecule has 0 saturated heterocycles. The standard InChI is InChI=1S/C17H29N3O2S/c1-10(2)14(15(21)11(3)4)19-17(22)20(7)9-13-8-18-16(23-13)12(5)6/h8,10-12,14H,9H2,1-7H3,(H,19,22). The number of rotatable bonds is 7. The normalized spacial score (nSPS) is 12.8. The van der Waals surface area contributed by atoms with Crippen molar-refractivity contribution in [3.63, 3.8) is 0 Å². The number of carbonyl (C=O) groups is 2. The fraction of sp³-hybridized carbons (Fsp3) is 0.706. The smallest absolute Gasteiger partial charge is 0.318 e. The molecule has 2 amide bonds. The summed E-state index contributed by atoms with van der Waals surface area (Å²) in [5.74, 6) is 0.435. The summed E-state index contributed by atoms with van der Waals surface area (Å²) in [7, 11) is 1.74. The number of hydrogen-bond donors (Lipinski definition) is 1. The van der Waals surface area contributed by atoms with Gasteiger partial charge < -0.3 is 10.2 Å². The number of urea groups is 1. The second-order valence-corrected chi connectivity index (χ2v) is 8.05. The van der Waals surface area contributed by atoms with E-state index in [0.29, 0.717) is 12.5 Å². The summed E-state index contributed by atoms with van der Waals surface area (Å²) in [4.78, 5) is 31.6. The molecule has 1 aromatic heterocycles. The fourth-order valence-corrected chi connectivity index (χ4v) is 3.11.